The highest BCUT2D eigenvalue weighted by molar-refractivity contribution is 5.88. The summed E-state index contributed by atoms with van der Waals surface area (Å²) in [5.41, 5.74) is 1.11. The number of carbonyl (C=O) groups is 1. The first kappa shape index (κ1) is 19.4. The summed E-state index contributed by atoms with van der Waals surface area (Å²) in [6, 6.07) is 21.0. The molecule has 32 heavy (non-hydrogen) atoms. The lowest BCUT2D eigenvalue weighted by molar-refractivity contribution is 0.0697. The number of aromatic nitrogens is 4. The lowest BCUT2D eigenvalue weighted by Crippen LogP contribution is -2.22. The van der Waals surface area contributed by atoms with Crippen LogP contribution in [0.3, 0.4) is 0 Å². The lowest BCUT2D eigenvalue weighted by atomic mass is 10.1. The van der Waals surface area contributed by atoms with Crippen molar-refractivity contribution in [3.8, 4) is 22.8 Å². The molecule has 0 amide bonds. The van der Waals surface area contributed by atoms with Crippen molar-refractivity contribution in [2.24, 2.45) is 0 Å². The van der Waals surface area contributed by atoms with Gasteiger partial charge in [-0.15, -0.1) is 0 Å². The molecular formula is C24H15FN4O3. The molecule has 0 atom stereocenters. The van der Waals surface area contributed by atoms with Gasteiger partial charge in [0.1, 0.15) is 11.2 Å². The van der Waals surface area contributed by atoms with E-state index in [9.17, 15) is 19.1 Å². The van der Waals surface area contributed by atoms with E-state index in [1.807, 2.05) is 30.3 Å². The second-order valence-electron chi connectivity index (χ2n) is 7.04. The standard InChI is InChI=1S/C24H15FN4O3/c25-20-9-5-4-8-18(20)21-27-22-19(14-26-29(22)17-6-2-1-3-7-17)23(30)28(21)16-12-10-15(11-13-16)24(31)32/h1-14H,(H,31,32). The van der Waals surface area contributed by atoms with E-state index in [1.165, 1.54) is 51.8 Å². The predicted octanol–water partition coefficient (Wildman–Crippen LogP) is 4.08. The van der Waals surface area contributed by atoms with Crippen LogP contribution in [-0.4, -0.2) is 30.4 Å². The third-order valence-electron chi connectivity index (χ3n) is 5.09. The normalized spacial score (nSPS) is 11.0. The van der Waals surface area contributed by atoms with Gasteiger partial charge in [0.25, 0.3) is 5.56 Å². The zero-order valence-electron chi connectivity index (χ0n) is 16.5. The summed E-state index contributed by atoms with van der Waals surface area (Å²) in [6.07, 6.45) is 1.42. The molecule has 8 heteroatoms. The van der Waals surface area contributed by atoms with Crippen LogP contribution in [0, 0.1) is 5.82 Å². The van der Waals surface area contributed by atoms with Gasteiger partial charge in [-0.2, -0.15) is 5.10 Å². The van der Waals surface area contributed by atoms with E-state index in [2.05, 4.69) is 10.1 Å². The minimum atomic E-state index is -1.09. The smallest absolute Gasteiger partial charge is 0.335 e. The largest absolute Gasteiger partial charge is 0.478 e. The van der Waals surface area contributed by atoms with Crippen LogP contribution in [0.15, 0.2) is 89.9 Å². The van der Waals surface area contributed by atoms with Gasteiger partial charge in [0.2, 0.25) is 0 Å². The summed E-state index contributed by atoms with van der Waals surface area (Å²) < 4.78 is 17.6. The second kappa shape index (κ2) is 7.59. The van der Waals surface area contributed by atoms with Gasteiger partial charge < -0.3 is 5.11 Å². The van der Waals surface area contributed by atoms with Crippen molar-refractivity contribution in [1.82, 2.24) is 19.3 Å². The van der Waals surface area contributed by atoms with Crippen LogP contribution in [0.25, 0.3) is 33.8 Å². The number of hydrogen-bond donors (Lipinski definition) is 1. The molecule has 0 fully saturated rings. The summed E-state index contributed by atoms with van der Waals surface area (Å²) >= 11 is 0. The molecule has 0 aliphatic carbocycles. The lowest BCUT2D eigenvalue weighted by Gasteiger charge is -2.14. The molecule has 0 saturated heterocycles. The molecule has 5 aromatic rings. The van der Waals surface area contributed by atoms with Gasteiger partial charge in [-0.25, -0.2) is 18.9 Å². The zero-order chi connectivity index (χ0) is 22.2. The Hall–Kier alpha value is -4.59. The predicted molar refractivity (Wildman–Crippen MR) is 117 cm³/mol. The number of carboxylic acids is 1. The molecule has 0 radical (unpaired) electrons. The van der Waals surface area contributed by atoms with Gasteiger partial charge >= 0.3 is 5.97 Å². The third-order valence-corrected chi connectivity index (χ3v) is 5.09. The van der Waals surface area contributed by atoms with Crippen LogP contribution in [0.1, 0.15) is 10.4 Å². The molecule has 0 saturated carbocycles. The van der Waals surface area contributed by atoms with E-state index in [0.717, 1.165) is 0 Å². The molecule has 0 aliphatic heterocycles. The van der Waals surface area contributed by atoms with E-state index in [0.29, 0.717) is 11.4 Å². The Balaban J connectivity index is 1.84. The molecule has 156 valence electrons. The Bertz CT molecular complexity index is 1520. The third kappa shape index (κ3) is 3.14. The van der Waals surface area contributed by atoms with E-state index < -0.39 is 17.3 Å². The Morgan fingerprint density at radius 1 is 0.875 bits per heavy atom. The molecule has 0 spiro atoms. The summed E-state index contributed by atoms with van der Waals surface area (Å²) in [5, 5.41) is 13.8. The highest BCUT2D eigenvalue weighted by atomic mass is 19.1. The first-order valence-corrected chi connectivity index (χ1v) is 9.69. The maximum Gasteiger partial charge on any atom is 0.335 e. The molecular weight excluding hydrogens is 411 g/mol. The van der Waals surface area contributed by atoms with E-state index in [4.69, 9.17) is 0 Å². The fourth-order valence-electron chi connectivity index (χ4n) is 3.54. The SMILES string of the molecule is O=C(O)c1ccc(-n2c(-c3ccccc3F)nc3c(cnn3-c3ccccc3)c2=O)cc1. The van der Waals surface area contributed by atoms with Gasteiger partial charge in [0.15, 0.2) is 11.5 Å². The number of fused-ring (bicyclic) bond motifs is 1. The number of hydrogen-bond acceptors (Lipinski definition) is 4. The summed E-state index contributed by atoms with van der Waals surface area (Å²) in [6.45, 7) is 0. The second-order valence-corrected chi connectivity index (χ2v) is 7.04. The van der Waals surface area contributed by atoms with Gasteiger partial charge in [-0.1, -0.05) is 30.3 Å². The average molecular weight is 426 g/mol. The van der Waals surface area contributed by atoms with Gasteiger partial charge in [0, 0.05) is 0 Å². The first-order valence-electron chi connectivity index (χ1n) is 9.69. The number of carboxylic acid groups (broad SMARTS) is 1. The Morgan fingerprint density at radius 2 is 1.56 bits per heavy atom. The number of halogens is 1. The van der Waals surface area contributed by atoms with Crippen molar-refractivity contribution in [2.75, 3.05) is 0 Å². The van der Waals surface area contributed by atoms with Crippen LogP contribution in [0.4, 0.5) is 4.39 Å². The van der Waals surface area contributed by atoms with Crippen LogP contribution in [0.5, 0.6) is 0 Å². The topological polar surface area (TPSA) is 90.0 Å². The first-order chi connectivity index (χ1) is 15.5. The van der Waals surface area contributed by atoms with Gasteiger partial charge in [-0.05, 0) is 48.5 Å². The number of rotatable bonds is 4. The van der Waals surface area contributed by atoms with Crippen molar-refractivity contribution in [1.29, 1.82) is 0 Å². The Morgan fingerprint density at radius 3 is 2.25 bits per heavy atom. The Kier molecular flexibility index (Phi) is 4.59. The van der Waals surface area contributed by atoms with E-state index >= 15 is 0 Å². The molecule has 0 bridgehead atoms. The minimum Gasteiger partial charge on any atom is -0.478 e. The summed E-state index contributed by atoms with van der Waals surface area (Å²) in [5.74, 6) is -1.54. The molecule has 0 aliphatic rings. The van der Waals surface area contributed by atoms with E-state index in [-0.39, 0.29) is 28.0 Å². The van der Waals surface area contributed by atoms with Crippen molar-refractivity contribution in [2.45, 2.75) is 0 Å². The van der Waals surface area contributed by atoms with Crippen LogP contribution < -0.4 is 5.56 Å². The minimum absolute atomic E-state index is 0.0696. The highest BCUT2D eigenvalue weighted by Gasteiger charge is 2.20. The molecule has 2 aromatic heterocycles. The number of aromatic carboxylic acids is 1. The van der Waals surface area contributed by atoms with Crippen molar-refractivity contribution >= 4 is 17.0 Å². The van der Waals surface area contributed by atoms with Gasteiger partial charge in [0.05, 0.1) is 28.7 Å². The van der Waals surface area contributed by atoms with Crippen molar-refractivity contribution < 1.29 is 14.3 Å². The van der Waals surface area contributed by atoms with Crippen molar-refractivity contribution in [3.05, 3.63) is 107 Å². The number of benzene rings is 3. The highest BCUT2D eigenvalue weighted by Crippen LogP contribution is 2.25. The Labute approximate surface area is 180 Å². The molecule has 0 unspecified atom stereocenters. The monoisotopic (exact) mass is 426 g/mol. The fourth-order valence-corrected chi connectivity index (χ4v) is 3.54. The average Bonchev–Trinajstić information content (AvgIpc) is 3.24. The molecule has 7 nitrogen and oxygen atoms in total. The van der Waals surface area contributed by atoms with Crippen molar-refractivity contribution in [3.63, 3.8) is 0 Å². The quantitative estimate of drug-likeness (QED) is 0.468. The molecule has 1 N–H and O–H groups in total. The van der Waals surface area contributed by atoms with E-state index in [1.54, 1.807) is 12.1 Å². The summed E-state index contributed by atoms with van der Waals surface area (Å²) in [4.78, 5) is 29.4. The molecule has 5 rings (SSSR count). The molecule has 2 heterocycles. The number of para-hydroxylation sites is 1. The zero-order valence-corrected chi connectivity index (χ0v) is 16.5. The maximum atomic E-state index is 14.8. The van der Waals surface area contributed by atoms with Crippen LogP contribution in [-0.2, 0) is 0 Å². The van der Waals surface area contributed by atoms with Gasteiger partial charge in [-0.3, -0.25) is 9.36 Å². The number of nitrogens with zero attached hydrogens (tertiary/aromatic N) is 4. The van der Waals surface area contributed by atoms with Crippen LogP contribution in [0.2, 0.25) is 0 Å². The van der Waals surface area contributed by atoms with Crippen LogP contribution >= 0.6 is 0 Å². The summed E-state index contributed by atoms with van der Waals surface area (Å²) in [7, 11) is 0. The fraction of sp³-hybridized carbons (Fsp3) is 0. The maximum absolute atomic E-state index is 14.8. The molecule has 3 aromatic carbocycles.